The highest BCUT2D eigenvalue weighted by atomic mass is 32.1. The maximum Gasteiger partial charge on any atom is 0.271 e. The zero-order valence-electron chi connectivity index (χ0n) is 13.1. The Morgan fingerprint density at radius 1 is 1.12 bits per heavy atom. The van der Waals surface area contributed by atoms with Gasteiger partial charge in [-0.3, -0.25) is 14.8 Å². The Kier molecular flexibility index (Phi) is 5.00. The van der Waals surface area contributed by atoms with Gasteiger partial charge in [-0.25, -0.2) is 0 Å². The summed E-state index contributed by atoms with van der Waals surface area (Å²) < 4.78 is 1.80. The van der Waals surface area contributed by atoms with Gasteiger partial charge in [-0.2, -0.15) is 5.10 Å². The molecule has 3 aromatic rings. The van der Waals surface area contributed by atoms with E-state index in [0.29, 0.717) is 17.3 Å². The van der Waals surface area contributed by atoms with Crippen molar-refractivity contribution in [2.45, 2.75) is 6.54 Å². The summed E-state index contributed by atoms with van der Waals surface area (Å²) in [7, 11) is 0. The number of hydrogen-bond donors (Lipinski definition) is 2. The lowest BCUT2D eigenvalue weighted by Gasteiger charge is -2.08. The Morgan fingerprint density at radius 2 is 1.88 bits per heavy atom. The summed E-state index contributed by atoms with van der Waals surface area (Å²) in [5, 5.41) is 21.4. The molecule has 0 aliphatic carbocycles. The summed E-state index contributed by atoms with van der Waals surface area (Å²) in [6.07, 6.45) is 3.51. The van der Waals surface area contributed by atoms with Gasteiger partial charge in [-0.1, -0.05) is 36.4 Å². The number of nitrogens with zero attached hydrogens (tertiary/aromatic N) is 3. The first kappa shape index (κ1) is 16.6. The molecule has 2 N–H and O–H groups in total. The number of anilines is 2. The maximum absolute atomic E-state index is 10.8. The third-order valence-electron chi connectivity index (χ3n) is 3.39. The highest BCUT2D eigenvalue weighted by molar-refractivity contribution is 7.80. The van der Waals surface area contributed by atoms with Crippen LogP contribution in [0.15, 0.2) is 67.0 Å². The Hall–Kier alpha value is -3.26. The summed E-state index contributed by atoms with van der Waals surface area (Å²) in [5.74, 6) is 0. The van der Waals surface area contributed by atoms with E-state index in [1.165, 1.54) is 12.1 Å². The monoisotopic (exact) mass is 353 g/mol. The fourth-order valence-electron chi connectivity index (χ4n) is 2.28. The Balaban J connectivity index is 1.60. The van der Waals surface area contributed by atoms with Crippen LogP contribution in [-0.4, -0.2) is 19.8 Å². The third-order valence-corrected chi connectivity index (χ3v) is 3.60. The van der Waals surface area contributed by atoms with Gasteiger partial charge >= 0.3 is 0 Å². The largest absolute Gasteiger partial charge is 0.332 e. The number of thiocarbonyl (C=S) groups is 1. The van der Waals surface area contributed by atoms with Crippen molar-refractivity contribution in [3.63, 3.8) is 0 Å². The van der Waals surface area contributed by atoms with Gasteiger partial charge in [0.2, 0.25) is 0 Å². The van der Waals surface area contributed by atoms with E-state index in [1.54, 1.807) is 23.0 Å². The van der Waals surface area contributed by atoms with Crippen LogP contribution in [0.25, 0.3) is 0 Å². The molecule has 7 nitrogen and oxygen atoms in total. The molecule has 0 fully saturated rings. The number of nitro groups is 1. The van der Waals surface area contributed by atoms with Crippen molar-refractivity contribution in [3.05, 3.63) is 82.7 Å². The van der Waals surface area contributed by atoms with Crippen LogP contribution in [-0.2, 0) is 6.54 Å². The van der Waals surface area contributed by atoms with Gasteiger partial charge in [0.1, 0.15) is 0 Å². The van der Waals surface area contributed by atoms with Crippen LogP contribution in [0.4, 0.5) is 17.1 Å². The molecular formula is C17H15N5O2S. The molecule has 25 heavy (non-hydrogen) atoms. The van der Waals surface area contributed by atoms with E-state index in [-0.39, 0.29) is 5.69 Å². The Bertz CT molecular complexity index is 895. The molecule has 0 unspecified atom stereocenters. The normalized spacial score (nSPS) is 10.2. The molecule has 0 saturated heterocycles. The molecule has 0 bridgehead atoms. The third kappa shape index (κ3) is 4.61. The van der Waals surface area contributed by atoms with E-state index >= 15 is 0 Å². The lowest BCUT2D eigenvalue weighted by Crippen LogP contribution is -2.18. The molecule has 126 valence electrons. The molecule has 1 heterocycles. The van der Waals surface area contributed by atoms with Gasteiger partial charge in [0, 0.05) is 24.0 Å². The molecule has 0 radical (unpaired) electrons. The molecule has 0 saturated carbocycles. The fraction of sp³-hybridized carbons (Fsp3) is 0.0588. The number of non-ortho nitro benzene ring substituents is 1. The highest BCUT2D eigenvalue weighted by Gasteiger charge is 2.07. The first-order valence-electron chi connectivity index (χ1n) is 7.49. The lowest BCUT2D eigenvalue weighted by molar-refractivity contribution is -0.384. The van der Waals surface area contributed by atoms with E-state index in [0.717, 1.165) is 11.3 Å². The van der Waals surface area contributed by atoms with Gasteiger partial charge < -0.3 is 10.6 Å². The smallest absolute Gasteiger partial charge is 0.271 e. The minimum absolute atomic E-state index is 0.00322. The van der Waals surface area contributed by atoms with Crippen LogP contribution in [0.3, 0.4) is 0 Å². The van der Waals surface area contributed by atoms with Gasteiger partial charge in [0.15, 0.2) is 5.11 Å². The molecule has 1 aromatic heterocycles. The number of rotatable bonds is 5. The fourth-order valence-corrected chi connectivity index (χ4v) is 2.51. The highest BCUT2D eigenvalue weighted by Crippen LogP contribution is 2.17. The van der Waals surface area contributed by atoms with E-state index in [9.17, 15) is 10.1 Å². The first-order chi connectivity index (χ1) is 12.1. The van der Waals surface area contributed by atoms with Crippen molar-refractivity contribution < 1.29 is 4.92 Å². The van der Waals surface area contributed by atoms with Crippen LogP contribution >= 0.6 is 12.2 Å². The van der Waals surface area contributed by atoms with Crippen LogP contribution in [0.2, 0.25) is 0 Å². The zero-order valence-corrected chi connectivity index (χ0v) is 13.9. The summed E-state index contributed by atoms with van der Waals surface area (Å²) >= 11 is 5.24. The molecule has 8 heteroatoms. The molecule has 2 aromatic carbocycles. The minimum atomic E-state index is -0.449. The van der Waals surface area contributed by atoms with Crippen molar-refractivity contribution in [2.75, 3.05) is 10.6 Å². The molecule has 0 amide bonds. The number of benzene rings is 2. The van der Waals surface area contributed by atoms with Gasteiger partial charge in [-0.15, -0.1) is 0 Å². The summed E-state index contributed by atoms with van der Waals surface area (Å²) in [4.78, 5) is 10.4. The standard InChI is InChI=1S/C17H15N5O2S/c23-22(24)16-8-4-7-14(9-16)19-17(25)20-15-10-18-21(12-15)11-13-5-2-1-3-6-13/h1-10,12H,11H2,(H2,19,20,25). The number of hydrogen-bond acceptors (Lipinski definition) is 4. The average molecular weight is 353 g/mol. The van der Waals surface area contributed by atoms with Crippen molar-refractivity contribution in [3.8, 4) is 0 Å². The van der Waals surface area contributed by atoms with Gasteiger partial charge in [0.05, 0.1) is 23.4 Å². The first-order valence-corrected chi connectivity index (χ1v) is 7.90. The maximum atomic E-state index is 10.8. The van der Waals surface area contributed by atoms with Crippen LogP contribution in [0.5, 0.6) is 0 Å². The molecule has 0 spiro atoms. The lowest BCUT2D eigenvalue weighted by atomic mass is 10.2. The molecule has 3 rings (SSSR count). The molecule has 0 aliphatic heterocycles. The summed E-state index contributed by atoms with van der Waals surface area (Å²) in [6, 6.07) is 16.2. The molecular weight excluding hydrogens is 338 g/mol. The molecule has 0 atom stereocenters. The van der Waals surface area contributed by atoms with E-state index in [2.05, 4.69) is 15.7 Å². The second kappa shape index (κ2) is 7.54. The van der Waals surface area contributed by atoms with Gasteiger partial charge in [0.25, 0.3) is 5.69 Å². The van der Waals surface area contributed by atoms with E-state index in [1.807, 2.05) is 36.5 Å². The van der Waals surface area contributed by atoms with Crippen LogP contribution in [0, 0.1) is 10.1 Å². The second-order valence-electron chi connectivity index (χ2n) is 5.30. The average Bonchev–Trinajstić information content (AvgIpc) is 3.02. The number of nitrogens with one attached hydrogen (secondary N) is 2. The van der Waals surface area contributed by atoms with Crippen molar-refractivity contribution >= 4 is 34.4 Å². The van der Waals surface area contributed by atoms with Crippen molar-refractivity contribution in [1.29, 1.82) is 0 Å². The van der Waals surface area contributed by atoms with Crippen LogP contribution < -0.4 is 10.6 Å². The van der Waals surface area contributed by atoms with E-state index in [4.69, 9.17) is 12.2 Å². The van der Waals surface area contributed by atoms with Crippen molar-refractivity contribution in [1.82, 2.24) is 9.78 Å². The quantitative estimate of drug-likeness (QED) is 0.414. The number of aromatic nitrogens is 2. The Morgan fingerprint density at radius 3 is 2.64 bits per heavy atom. The predicted octanol–water partition coefficient (Wildman–Crippen LogP) is 3.65. The zero-order chi connectivity index (χ0) is 17.6. The van der Waals surface area contributed by atoms with Crippen molar-refractivity contribution in [2.24, 2.45) is 0 Å². The molecule has 0 aliphatic rings. The number of nitro benzene ring substituents is 1. The summed E-state index contributed by atoms with van der Waals surface area (Å²) in [5.41, 5.74) is 2.43. The Labute approximate surface area is 149 Å². The second-order valence-corrected chi connectivity index (χ2v) is 5.71. The van der Waals surface area contributed by atoms with E-state index < -0.39 is 4.92 Å². The topological polar surface area (TPSA) is 85.0 Å². The predicted molar refractivity (Wildman–Crippen MR) is 101 cm³/mol. The minimum Gasteiger partial charge on any atom is -0.332 e. The summed E-state index contributed by atoms with van der Waals surface area (Å²) in [6.45, 7) is 0.660. The van der Waals surface area contributed by atoms with Crippen LogP contribution in [0.1, 0.15) is 5.56 Å². The van der Waals surface area contributed by atoms with Gasteiger partial charge in [-0.05, 0) is 23.8 Å². The SMILES string of the molecule is O=[N+]([O-])c1cccc(NC(=S)Nc2cnn(Cc3ccccc3)c2)c1.